The lowest BCUT2D eigenvalue weighted by atomic mass is 9.85. The summed E-state index contributed by atoms with van der Waals surface area (Å²) in [6, 6.07) is 7.45. The Kier molecular flexibility index (Phi) is 11.2. The maximum atomic E-state index is 13.2. The molecular weight excluding hydrogens is 478 g/mol. The van der Waals surface area contributed by atoms with E-state index in [-0.39, 0.29) is 11.8 Å². The van der Waals surface area contributed by atoms with Crippen molar-refractivity contribution in [2.45, 2.75) is 91.5 Å². The van der Waals surface area contributed by atoms with Crippen molar-refractivity contribution in [1.29, 1.82) is 0 Å². The summed E-state index contributed by atoms with van der Waals surface area (Å²) in [5, 5.41) is 6.69. The van der Waals surface area contributed by atoms with Crippen LogP contribution < -0.4 is 20.1 Å². The van der Waals surface area contributed by atoms with Gasteiger partial charge in [0.05, 0.1) is 7.11 Å². The van der Waals surface area contributed by atoms with Crippen LogP contribution in [0.5, 0.6) is 11.5 Å². The molecule has 1 amide bonds. The predicted molar refractivity (Wildman–Crippen MR) is 152 cm³/mol. The highest BCUT2D eigenvalue weighted by molar-refractivity contribution is 5.92. The Labute approximate surface area is 227 Å². The second kappa shape index (κ2) is 14.6. The molecule has 2 N–H and O–H groups in total. The van der Waals surface area contributed by atoms with Crippen molar-refractivity contribution >= 4 is 17.7 Å². The standard InChI is InChI=1S/C31H43N3O4/c1-6-7-8-9-10-12-22(3)33-25-14-11-13-24(17-25)31(36)34-30-19-28(21(2)20-32-30)27-16-15-26(38-23(4)35)18-29(27)37-5/h12,15-16,18-20,24-25,33H,6-11,13-14,17H2,1-5H3,(H,32,34,36)/t24-,25+/m0/s1. The molecule has 1 aliphatic carbocycles. The van der Waals surface area contributed by atoms with Gasteiger partial charge >= 0.3 is 5.97 Å². The normalized spacial score (nSPS) is 17.6. The van der Waals surface area contributed by atoms with Crippen LogP contribution in [-0.4, -0.2) is 30.0 Å². The molecule has 0 unspecified atom stereocenters. The summed E-state index contributed by atoms with van der Waals surface area (Å²) in [7, 11) is 1.58. The van der Waals surface area contributed by atoms with E-state index in [0.29, 0.717) is 23.4 Å². The first-order valence-corrected chi connectivity index (χ1v) is 13.9. The summed E-state index contributed by atoms with van der Waals surface area (Å²) in [5.41, 5.74) is 3.88. The number of nitrogens with one attached hydrogen (secondary N) is 2. The van der Waals surface area contributed by atoms with E-state index >= 15 is 0 Å². The van der Waals surface area contributed by atoms with Crippen LogP contribution >= 0.6 is 0 Å². The van der Waals surface area contributed by atoms with Crippen LogP contribution in [0.2, 0.25) is 0 Å². The third-order valence-corrected chi connectivity index (χ3v) is 7.06. The number of unbranched alkanes of at least 4 members (excludes halogenated alkanes) is 4. The average molecular weight is 522 g/mol. The quantitative estimate of drug-likeness (QED) is 0.178. The van der Waals surface area contributed by atoms with Crippen LogP contribution in [0.3, 0.4) is 0 Å². The number of pyridine rings is 1. The van der Waals surface area contributed by atoms with Gasteiger partial charge in [0.25, 0.3) is 0 Å². The summed E-state index contributed by atoms with van der Waals surface area (Å²) in [5.74, 6) is 1.07. The van der Waals surface area contributed by atoms with Crippen molar-refractivity contribution in [3.05, 3.63) is 47.8 Å². The molecule has 0 spiro atoms. The minimum atomic E-state index is -0.390. The van der Waals surface area contributed by atoms with Crippen molar-refractivity contribution in [3.8, 4) is 22.6 Å². The maximum absolute atomic E-state index is 13.2. The van der Waals surface area contributed by atoms with E-state index < -0.39 is 5.97 Å². The third-order valence-electron chi connectivity index (χ3n) is 7.06. The number of ether oxygens (including phenoxy) is 2. The summed E-state index contributed by atoms with van der Waals surface area (Å²) in [4.78, 5) is 29.0. The molecule has 38 heavy (non-hydrogen) atoms. The molecule has 7 nitrogen and oxygen atoms in total. The lowest BCUT2D eigenvalue weighted by Crippen LogP contribution is -2.37. The first kappa shape index (κ1) is 29.2. The summed E-state index contributed by atoms with van der Waals surface area (Å²) >= 11 is 0. The number of benzene rings is 1. The van der Waals surface area contributed by atoms with E-state index in [9.17, 15) is 9.59 Å². The Balaban J connectivity index is 1.65. The van der Waals surface area contributed by atoms with Crippen molar-refractivity contribution < 1.29 is 19.1 Å². The van der Waals surface area contributed by atoms with Gasteiger partial charge < -0.3 is 20.1 Å². The van der Waals surface area contributed by atoms with Crippen LogP contribution in [0.25, 0.3) is 11.1 Å². The van der Waals surface area contributed by atoms with E-state index in [1.807, 2.05) is 19.1 Å². The van der Waals surface area contributed by atoms with Gasteiger partial charge in [0, 0.05) is 42.4 Å². The van der Waals surface area contributed by atoms with Crippen LogP contribution in [0, 0.1) is 12.8 Å². The molecule has 1 fully saturated rings. The second-order valence-corrected chi connectivity index (χ2v) is 10.3. The van der Waals surface area contributed by atoms with Gasteiger partial charge in [-0.05, 0) is 75.3 Å². The molecule has 1 aliphatic rings. The monoisotopic (exact) mass is 521 g/mol. The molecule has 206 valence electrons. The highest BCUT2D eigenvalue weighted by atomic mass is 16.5. The number of esters is 1. The summed E-state index contributed by atoms with van der Waals surface area (Å²) in [6.45, 7) is 7.69. The van der Waals surface area contributed by atoms with Gasteiger partial charge in [0.15, 0.2) is 0 Å². The lowest BCUT2D eigenvalue weighted by Gasteiger charge is -2.30. The van der Waals surface area contributed by atoms with Gasteiger partial charge in [-0.15, -0.1) is 0 Å². The molecule has 0 aliphatic heterocycles. The number of hydrogen-bond donors (Lipinski definition) is 2. The van der Waals surface area contributed by atoms with Crippen LogP contribution in [0.1, 0.15) is 84.1 Å². The number of carbonyl (C=O) groups is 2. The fraction of sp³-hybridized carbons (Fsp3) is 0.516. The van der Waals surface area contributed by atoms with Crippen LogP contribution in [0.15, 0.2) is 42.2 Å². The number of rotatable bonds is 12. The van der Waals surface area contributed by atoms with Crippen LogP contribution in [0.4, 0.5) is 5.82 Å². The number of carbonyl (C=O) groups excluding carboxylic acids is 2. The molecule has 1 aromatic carbocycles. The zero-order valence-corrected chi connectivity index (χ0v) is 23.6. The zero-order valence-electron chi connectivity index (χ0n) is 23.6. The number of aryl methyl sites for hydroxylation is 1. The minimum absolute atomic E-state index is 0.0113. The molecule has 7 heteroatoms. The number of amides is 1. The number of hydrogen-bond acceptors (Lipinski definition) is 6. The van der Waals surface area contributed by atoms with Gasteiger partial charge in [-0.1, -0.05) is 38.7 Å². The van der Waals surface area contributed by atoms with Gasteiger partial charge in [-0.3, -0.25) is 9.59 Å². The number of anilines is 1. The third kappa shape index (κ3) is 8.61. The number of aromatic nitrogens is 1. The zero-order chi connectivity index (χ0) is 27.5. The molecule has 2 atom stereocenters. The summed E-state index contributed by atoms with van der Waals surface area (Å²) < 4.78 is 10.8. The van der Waals surface area contributed by atoms with Gasteiger partial charge in [0.1, 0.15) is 17.3 Å². The SMILES string of the molecule is CCCCCCC=C(C)N[C@@H]1CCC[C@H](C(=O)Nc2cc(-c3ccc(OC(C)=O)cc3OC)c(C)cn2)C1. The van der Waals surface area contributed by atoms with Gasteiger partial charge in [-0.25, -0.2) is 4.98 Å². The van der Waals surface area contributed by atoms with E-state index in [1.54, 1.807) is 25.4 Å². The Bertz CT molecular complexity index is 1130. The van der Waals surface area contributed by atoms with Crippen LogP contribution in [-0.2, 0) is 9.59 Å². The number of nitrogens with zero attached hydrogens (tertiary/aromatic N) is 1. The summed E-state index contributed by atoms with van der Waals surface area (Å²) in [6.07, 6.45) is 14.0. The van der Waals surface area contributed by atoms with E-state index in [4.69, 9.17) is 9.47 Å². The van der Waals surface area contributed by atoms with Crippen molar-refractivity contribution in [3.63, 3.8) is 0 Å². The van der Waals surface area contributed by atoms with Crippen molar-refractivity contribution in [2.75, 3.05) is 12.4 Å². The topological polar surface area (TPSA) is 89.6 Å². The fourth-order valence-electron chi connectivity index (χ4n) is 5.06. The Morgan fingerprint density at radius 1 is 1.11 bits per heavy atom. The molecule has 3 rings (SSSR count). The molecular formula is C31H43N3O4. The van der Waals surface area contributed by atoms with E-state index in [0.717, 1.165) is 48.8 Å². The lowest BCUT2D eigenvalue weighted by molar-refractivity contribution is -0.131. The second-order valence-electron chi connectivity index (χ2n) is 10.3. The largest absolute Gasteiger partial charge is 0.496 e. The number of methoxy groups -OCH3 is 1. The highest BCUT2D eigenvalue weighted by Crippen LogP contribution is 2.36. The molecule has 0 bridgehead atoms. The number of allylic oxidation sites excluding steroid dienone is 2. The smallest absolute Gasteiger partial charge is 0.308 e. The van der Waals surface area contributed by atoms with Crippen molar-refractivity contribution in [1.82, 2.24) is 10.3 Å². The Morgan fingerprint density at radius 2 is 1.92 bits per heavy atom. The predicted octanol–water partition coefficient (Wildman–Crippen LogP) is 6.95. The van der Waals surface area contributed by atoms with Gasteiger partial charge in [-0.2, -0.15) is 0 Å². The Hall–Kier alpha value is -3.35. The molecule has 0 radical (unpaired) electrons. The van der Waals surface area contributed by atoms with Gasteiger partial charge in [0.2, 0.25) is 5.91 Å². The molecule has 1 saturated carbocycles. The minimum Gasteiger partial charge on any atom is -0.496 e. The fourth-order valence-corrected chi connectivity index (χ4v) is 5.06. The van der Waals surface area contributed by atoms with Crippen molar-refractivity contribution in [2.24, 2.45) is 5.92 Å². The first-order chi connectivity index (χ1) is 18.3. The van der Waals surface area contributed by atoms with E-state index in [1.165, 1.54) is 38.3 Å². The molecule has 0 saturated heterocycles. The first-order valence-electron chi connectivity index (χ1n) is 13.9. The molecule has 1 heterocycles. The maximum Gasteiger partial charge on any atom is 0.308 e. The molecule has 2 aromatic rings. The average Bonchev–Trinajstić information content (AvgIpc) is 2.89. The Morgan fingerprint density at radius 3 is 2.66 bits per heavy atom. The molecule has 1 aromatic heterocycles. The van der Waals surface area contributed by atoms with E-state index in [2.05, 4.69) is 35.5 Å². The highest BCUT2D eigenvalue weighted by Gasteiger charge is 2.27.